The number of methoxy groups -OCH3 is 1. The first-order chi connectivity index (χ1) is 10.7. The molecule has 0 N–H and O–H groups in total. The van der Waals surface area contributed by atoms with Crippen molar-refractivity contribution >= 4 is 14.1 Å². The molecule has 0 fully saturated rings. The Kier molecular flexibility index (Phi) is 6.46. The molecular weight excluding hydrogens is 341 g/mol. The highest BCUT2D eigenvalue weighted by molar-refractivity contribution is 6.74. The zero-order valence-electron chi connectivity index (χ0n) is 15.2. The Morgan fingerprint density at radius 1 is 1.25 bits per heavy atom. The van der Waals surface area contributed by atoms with Crippen molar-refractivity contribution in [2.45, 2.75) is 63.7 Å². The van der Waals surface area contributed by atoms with Crippen molar-refractivity contribution in [3.05, 3.63) is 11.6 Å². The van der Waals surface area contributed by atoms with Gasteiger partial charge in [-0.1, -0.05) is 20.8 Å². The first-order valence-corrected chi connectivity index (χ1v) is 10.8. The van der Waals surface area contributed by atoms with Crippen LogP contribution in [0.5, 0.6) is 0 Å². The van der Waals surface area contributed by atoms with Crippen LogP contribution >= 0.6 is 0 Å². The van der Waals surface area contributed by atoms with Gasteiger partial charge < -0.3 is 13.9 Å². The van der Waals surface area contributed by atoms with E-state index in [1.165, 1.54) is 13.2 Å². The van der Waals surface area contributed by atoms with Gasteiger partial charge in [0.25, 0.3) is 0 Å². The lowest BCUT2D eigenvalue weighted by Gasteiger charge is -2.37. The Hall–Kier alpha value is -0.703. The highest BCUT2D eigenvalue weighted by atomic mass is 28.4. The van der Waals surface area contributed by atoms with E-state index in [-0.39, 0.29) is 30.3 Å². The van der Waals surface area contributed by atoms with Gasteiger partial charge in [-0.3, -0.25) is 4.79 Å². The quantitative estimate of drug-likeness (QED) is 0.520. The van der Waals surface area contributed by atoms with Gasteiger partial charge in [-0.05, 0) is 24.2 Å². The molecule has 8 heteroatoms. The van der Waals surface area contributed by atoms with Gasteiger partial charge in [-0.2, -0.15) is 13.2 Å². The highest BCUT2D eigenvalue weighted by Gasteiger charge is 2.41. The van der Waals surface area contributed by atoms with Crippen LogP contribution in [0.15, 0.2) is 11.6 Å². The fraction of sp³-hybridized carbons (Fsp3) is 0.812. The molecule has 0 bridgehead atoms. The number of carbonyl (C=O) groups is 1. The van der Waals surface area contributed by atoms with Gasteiger partial charge in [0.05, 0.1) is 6.61 Å². The smallest absolute Gasteiger partial charge is 0.411 e. The van der Waals surface area contributed by atoms with Gasteiger partial charge in [0.2, 0.25) is 0 Å². The van der Waals surface area contributed by atoms with Gasteiger partial charge in [0.1, 0.15) is 6.61 Å². The number of ketones is 1. The third-order valence-corrected chi connectivity index (χ3v) is 9.15. The minimum atomic E-state index is -4.46. The minimum absolute atomic E-state index is 0.0313. The second-order valence-electron chi connectivity index (χ2n) is 7.56. The maximum Gasteiger partial charge on any atom is 0.411 e. The third-order valence-electron chi connectivity index (χ3n) is 4.67. The molecule has 1 aliphatic carbocycles. The molecule has 140 valence electrons. The summed E-state index contributed by atoms with van der Waals surface area (Å²) in [7, 11) is -0.805. The number of alkyl halides is 3. The SMILES string of the molecule is COC1(OCC(F)(F)F)C=C(CO[Si](C)(C)C(C)(C)C)C(=O)CC1. The molecule has 0 aromatic rings. The number of carbonyl (C=O) groups excluding carboxylic acids is 1. The molecule has 0 aliphatic heterocycles. The van der Waals surface area contributed by atoms with E-state index in [0.29, 0.717) is 5.57 Å². The van der Waals surface area contributed by atoms with Crippen molar-refractivity contribution in [1.82, 2.24) is 0 Å². The number of hydrogen-bond acceptors (Lipinski definition) is 4. The summed E-state index contributed by atoms with van der Waals surface area (Å²) in [6.45, 7) is 8.94. The Morgan fingerprint density at radius 2 is 1.83 bits per heavy atom. The second kappa shape index (κ2) is 7.27. The van der Waals surface area contributed by atoms with Crippen LogP contribution in [0.25, 0.3) is 0 Å². The topological polar surface area (TPSA) is 44.8 Å². The zero-order valence-corrected chi connectivity index (χ0v) is 16.2. The zero-order chi connectivity index (χ0) is 18.8. The average molecular weight is 368 g/mol. The van der Waals surface area contributed by atoms with Crippen LogP contribution in [0.4, 0.5) is 13.2 Å². The van der Waals surface area contributed by atoms with Gasteiger partial charge in [0, 0.05) is 25.5 Å². The molecule has 0 saturated carbocycles. The molecule has 0 spiro atoms. The Bertz CT molecular complexity index is 495. The Labute approximate surface area is 142 Å². The van der Waals surface area contributed by atoms with Crippen LogP contribution in [0.2, 0.25) is 18.1 Å². The number of rotatable bonds is 6. The predicted octanol–water partition coefficient (Wildman–Crippen LogP) is 4.22. The lowest BCUT2D eigenvalue weighted by atomic mass is 9.93. The first-order valence-electron chi connectivity index (χ1n) is 7.86. The van der Waals surface area contributed by atoms with Crippen LogP contribution in [-0.2, 0) is 18.7 Å². The van der Waals surface area contributed by atoms with Crippen molar-refractivity contribution in [3.63, 3.8) is 0 Å². The van der Waals surface area contributed by atoms with Crippen molar-refractivity contribution in [3.8, 4) is 0 Å². The van der Waals surface area contributed by atoms with Crippen molar-refractivity contribution < 1.29 is 31.9 Å². The fourth-order valence-electron chi connectivity index (χ4n) is 2.00. The van der Waals surface area contributed by atoms with Gasteiger partial charge in [-0.25, -0.2) is 0 Å². The Morgan fingerprint density at radius 3 is 2.29 bits per heavy atom. The predicted molar refractivity (Wildman–Crippen MR) is 87.2 cm³/mol. The largest absolute Gasteiger partial charge is 0.412 e. The molecule has 0 radical (unpaired) electrons. The normalized spacial score (nSPS) is 23.4. The molecule has 0 saturated heterocycles. The van der Waals surface area contributed by atoms with Gasteiger partial charge in [-0.15, -0.1) is 0 Å². The highest BCUT2D eigenvalue weighted by Crippen LogP contribution is 2.37. The standard InChI is InChI=1S/C16H27F3O4Si/c1-14(2,3)24(5,6)23-10-12-9-15(21-4,8-7-13(12)20)22-11-16(17,18)19/h9H,7-8,10-11H2,1-6H3. The van der Waals surface area contributed by atoms with E-state index in [1.807, 2.05) is 13.1 Å². The van der Waals surface area contributed by atoms with Crippen LogP contribution in [0.1, 0.15) is 33.6 Å². The molecule has 24 heavy (non-hydrogen) atoms. The Balaban J connectivity index is 2.91. The molecular formula is C16H27F3O4Si. The summed E-state index contributed by atoms with van der Waals surface area (Å²) in [5, 5.41) is -0.0313. The maximum atomic E-state index is 12.4. The summed E-state index contributed by atoms with van der Waals surface area (Å²) in [5.74, 6) is -1.67. The van der Waals surface area contributed by atoms with Crippen LogP contribution in [0.3, 0.4) is 0 Å². The van der Waals surface area contributed by atoms with E-state index in [1.54, 1.807) is 0 Å². The van der Waals surface area contributed by atoms with Crippen LogP contribution in [0, 0.1) is 0 Å². The number of hydrogen-bond donors (Lipinski definition) is 0. The van der Waals surface area contributed by atoms with Crippen LogP contribution < -0.4 is 0 Å². The summed E-state index contributed by atoms with van der Waals surface area (Å²) >= 11 is 0. The third kappa shape index (κ3) is 5.68. The van der Waals surface area contributed by atoms with Gasteiger partial charge in [0.15, 0.2) is 19.9 Å². The second-order valence-corrected chi connectivity index (χ2v) is 12.4. The minimum Gasteiger partial charge on any atom is -0.412 e. The van der Waals surface area contributed by atoms with E-state index in [9.17, 15) is 18.0 Å². The molecule has 0 aromatic carbocycles. The van der Waals surface area contributed by atoms with Crippen LogP contribution in [-0.4, -0.2) is 46.4 Å². The number of halogens is 3. The summed E-state index contributed by atoms with van der Waals surface area (Å²) < 4.78 is 53.4. The van der Waals surface area contributed by atoms with E-state index in [4.69, 9.17) is 13.9 Å². The lowest BCUT2D eigenvalue weighted by Crippen LogP contribution is -2.43. The summed E-state index contributed by atoms with van der Waals surface area (Å²) in [5.41, 5.74) is 0.315. The molecule has 0 aromatic heterocycles. The molecule has 1 aliphatic rings. The number of Topliss-reactive ketones (excluding diaryl/α,β-unsaturated/α-hetero) is 1. The van der Waals surface area contributed by atoms with Crippen molar-refractivity contribution in [1.29, 1.82) is 0 Å². The molecule has 1 atom stereocenters. The van der Waals surface area contributed by atoms with Gasteiger partial charge >= 0.3 is 6.18 Å². The summed E-state index contributed by atoms with van der Waals surface area (Å²) in [4.78, 5) is 12.1. The molecule has 0 heterocycles. The molecule has 1 unspecified atom stereocenters. The summed E-state index contributed by atoms with van der Waals surface area (Å²) in [6.07, 6.45) is -2.99. The van der Waals surface area contributed by atoms with E-state index in [0.717, 1.165) is 0 Å². The van der Waals surface area contributed by atoms with E-state index < -0.39 is 26.9 Å². The monoisotopic (exact) mass is 368 g/mol. The molecule has 1 rings (SSSR count). The molecule has 4 nitrogen and oxygen atoms in total. The molecule has 0 amide bonds. The van der Waals surface area contributed by atoms with E-state index in [2.05, 4.69) is 20.8 Å². The summed E-state index contributed by atoms with van der Waals surface area (Å²) in [6, 6.07) is 0. The van der Waals surface area contributed by atoms with Crippen molar-refractivity contribution in [2.75, 3.05) is 20.3 Å². The number of ether oxygens (including phenoxy) is 2. The first kappa shape index (κ1) is 21.3. The maximum absolute atomic E-state index is 12.4. The van der Waals surface area contributed by atoms with E-state index >= 15 is 0 Å². The fourth-order valence-corrected chi connectivity index (χ4v) is 2.95. The lowest BCUT2D eigenvalue weighted by molar-refractivity contribution is -0.258. The average Bonchev–Trinajstić information content (AvgIpc) is 2.43. The van der Waals surface area contributed by atoms with Crippen molar-refractivity contribution in [2.24, 2.45) is 0 Å².